The van der Waals surface area contributed by atoms with Crippen LogP contribution in [0.5, 0.6) is 0 Å². The van der Waals surface area contributed by atoms with Crippen LogP contribution >= 0.6 is 11.6 Å². The molecule has 0 aliphatic heterocycles. The summed E-state index contributed by atoms with van der Waals surface area (Å²) in [5, 5.41) is 0.581. The summed E-state index contributed by atoms with van der Waals surface area (Å²) < 4.78 is 0. The van der Waals surface area contributed by atoms with Crippen LogP contribution in [0.1, 0.15) is 5.56 Å². The second-order valence-electron chi connectivity index (χ2n) is 4.23. The predicted molar refractivity (Wildman–Crippen MR) is 72.5 cm³/mol. The maximum atomic E-state index is 11.6. The zero-order valence-electron chi connectivity index (χ0n) is 9.87. The van der Waals surface area contributed by atoms with Crippen LogP contribution in [0.15, 0.2) is 27.8 Å². The van der Waals surface area contributed by atoms with Crippen LogP contribution in [0.25, 0.3) is 22.6 Å². The molecule has 3 rings (SSSR count). The Bertz CT molecular complexity index is 870. The van der Waals surface area contributed by atoms with E-state index < -0.39 is 11.2 Å². The first-order chi connectivity index (χ1) is 9.02. The van der Waals surface area contributed by atoms with Crippen LogP contribution in [0.4, 0.5) is 0 Å². The van der Waals surface area contributed by atoms with Gasteiger partial charge in [-0.3, -0.25) is 14.8 Å². The lowest BCUT2D eigenvalue weighted by molar-refractivity contribution is 1.07. The predicted octanol–water partition coefficient (Wildman–Crippen LogP) is 1.57. The van der Waals surface area contributed by atoms with Gasteiger partial charge in [0.1, 0.15) is 11.3 Å². The van der Waals surface area contributed by atoms with Gasteiger partial charge in [0.25, 0.3) is 5.56 Å². The van der Waals surface area contributed by atoms with Crippen LogP contribution in [0.3, 0.4) is 0 Å². The fourth-order valence-electron chi connectivity index (χ4n) is 1.94. The molecule has 0 radical (unpaired) electrons. The van der Waals surface area contributed by atoms with Crippen LogP contribution in [0, 0.1) is 6.92 Å². The number of hydrogen-bond donors (Lipinski definition) is 3. The van der Waals surface area contributed by atoms with Gasteiger partial charge in [-0.15, -0.1) is 0 Å². The Morgan fingerprint density at radius 1 is 1.11 bits per heavy atom. The van der Waals surface area contributed by atoms with Gasteiger partial charge in [-0.1, -0.05) is 11.6 Å². The molecule has 0 aliphatic rings. The number of aromatic amines is 3. The molecule has 3 aromatic rings. The number of benzene rings is 1. The molecule has 0 aliphatic carbocycles. The van der Waals surface area contributed by atoms with Crippen molar-refractivity contribution in [3.63, 3.8) is 0 Å². The highest BCUT2D eigenvalue weighted by Crippen LogP contribution is 2.23. The van der Waals surface area contributed by atoms with E-state index in [1.54, 1.807) is 6.07 Å². The normalized spacial score (nSPS) is 11.1. The monoisotopic (exact) mass is 276 g/mol. The average molecular weight is 277 g/mol. The van der Waals surface area contributed by atoms with Crippen molar-refractivity contribution in [3.8, 4) is 11.4 Å². The number of halogens is 1. The van der Waals surface area contributed by atoms with E-state index in [0.717, 1.165) is 11.1 Å². The Hall–Kier alpha value is -2.34. The molecular weight excluding hydrogens is 268 g/mol. The third-order valence-corrected chi connectivity index (χ3v) is 2.92. The van der Waals surface area contributed by atoms with Crippen molar-refractivity contribution in [1.29, 1.82) is 0 Å². The van der Waals surface area contributed by atoms with Gasteiger partial charge in [0.2, 0.25) is 0 Å². The minimum Gasteiger partial charge on any atom is -0.332 e. The van der Waals surface area contributed by atoms with Gasteiger partial charge >= 0.3 is 5.69 Å². The first-order valence-corrected chi connectivity index (χ1v) is 5.90. The van der Waals surface area contributed by atoms with E-state index in [0.29, 0.717) is 10.8 Å². The van der Waals surface area contributed by atoms with E-state index in [1.165, 1.54) is 0 Å². The SMILES string of the molecule is Cc1cc(Cl)cc(-c2nc3[nH]c(=O)[nH]c(=O)c3[nH]2)c1. The number of aromatic nitrogens is 4. The first kappa shape index (κ1) is 11.7. The number of nitrogens with one attached hydrogen (secondary N) is 3. The molecule has 3 N–H and O–H groups in total. The maximum absolute atomic E-state index is 11.6. The molecule has 0 bridgehead atoms. The summed E-state index contributed by atoms with van der Waals surface area (Å²) >= 11 is 5.99. The van der Waals surface area contributed by atoms with Crippen LogP contribution in [0.2, 0.25) is 5.02 Å². The Morgan fingerprint density at radius 3 is 2.63 bits per heavy atom. The second-order valence-corrected chi connectivity index (χ2v) is 4.67. The van der Waals surface area contributed by atoms with Gasteiger partial charge in [-0.25, -0.2) is 9.78 Å². The van der Waals surface area contributed by atoms with Crippen molar-refractivity contribution in [2.24, 2.45) is 0 Å². The Morgan fingerprint density at radius 2 is 1.89 bits per heavy atom. The highest BCUT2D eigenvalue weighted by Gasteiger charge is 2.10. The molecule has 2 aromatic heterocycles. The number of aryl methyl sites for hydroxylation is 1. The fraction of sp³-hybridized carbons (Fsp3) is 0.0833. The quantitative estimate of drug-likeness (QED) is 0.629. The number of fused-ring (bicyclic) bond motifs is 1. The Kier molecular flexibility index (Phi) is 2.53. The molecule has 0 spiro atoms. The highest BCUT2D eigenvalue weighted by molar-refractivity contribution is 6.30. The number of nitrogens with zero attached hydrogens (tertiary/aromatic N) is 1. The topological polar surface area (TPSA) is 94.4 Å². The van der Waals surface area contributed by atoms with Crippen LogP contribution in [-0.4, -0.2) is 19.9 Å². The summed E-state index contributed by atoms with van der Waals surface area (Å²) in [6.45, 7) is 1.91. The van der Waals surface area contributed by atoms with Crippen molar-refractivity contribution in [3.05, 3.63) is 49.6 Å². The highest BCUT2D eigenvalue weighted by atomic mass is 35.5. The van der Waals surface area contributed by atoms with Gasteiger partial charge in [0.15, 0.2) is 5.65 Å². The molecule has 1 aromatic carbocycles. The molecule has 2 heterocycles. The van der Waals surface area contributed by atoms with Crippen molar-refractivity contribution >= 4 is 22.8 Å². The molecule has 6 nitrogen and oxygen atoms in total. The molecular formula is C12H9ClN4O2. The van der Waals surface area contributed by atoms with Crippen molar-refractivity contribution < 1.29 is 0 Å². The summed E-state index contributed by atoms with van der Waals surface area (Å²) in [7, 11) is 0. The van der Waals surface area contributed by atoms with Gasteiger partial charge in [0, 0.05) is 10.6 Å². The minimum absolute atomic E-state index is 0.223. The zero-order chi connectivity index (χ0) is 13.6. The van der Waals surface area contributed by atoms with Gasteiger partial charge < -0.3 is 4.98 Å². The smallest absolute Gasteiger partial charge is 0.327 e. The standard InChI is InChI=1S/C12H9ClN4O2/c1-5-2-6(4-7(13)3-5)9-14-8-10(15-9)16-12(19)17-11(8)18/h2-4H,1H3,(H3,14,15,16,17,18,19). The van der Waals surface area contributed by atoms with Crippen LogP contribution < -0.4 is 11.2 Å². The summed E-state index contributed by atoms with van der Waals surface area (Å²) in [6.07, 6.45) is 0. The van der Waals surface area contributed by atoms with Crippen molar-refractivity contribution in [2.75, 3.05) is 0 Å². The minimum atomic E-state index is -0.585. The fourth-order valence-corrected chi connectivity index (χ4v) is 2.23. The molecule has 0 unspecified atom stereocenters. The average Bonchev–Trinajstić information content (AvgIpc) is 2.71. The lowest BCUT2D eigenvalue weighted by atomic mass is 10.1. The van der Waals surface area contributed by atoms with E-state index in [9.17, 15) is 9.59 Å². The number of rotatable bonds is 1. The van der Waals surface area contributed by atoms with Crippen LogP contribution in [-0.2, 0) is 0 Å². The first-order valence-electron chi connectivity index (χ1n) is 5.53. The molecule has 0 saturated carbocycles. The third kappa shape index (κ3) is 2.06. The van der Waals surface area contributed by atoms with E-state index in [2.05, 4.69) is 19.9 Å². The van der Waals surface area contributed by atoms with Crippen molar-refractivity contribution in [2.45, 2.75) is 6.92 Å². The summed E-state index contributed by atoms with van der Waals surface area (Å²) in [4.78, 5) is 34.5. The van der Waals surface area contributed by atoms with E-state index in [4.69, 9.17) is 11.6 Å². The lowest BCUT2D eigenvalue weighted by Gasteiger charge is -1.99. The third-order valence-electron chi connectivity index (χ3n) is 2.71. The van der Waals surface area contributed by atoms with Gasteiger partial charge in [-0.05, 0) is 30.7 Å². The molecule has 0 fully saturated rings. The van der Waals surface area contributed by atoms with Gasteiger partial charge in [-0.2, -0.15) is 0 Å². The number of imidazole rings is 1. The summed E-state index contributed by atoms with van der Waals surface area (Å²) in [5.41, 5.74) is 1.09. The summed E-state index contributed by atoms with van der Waals surface area (Å²) in [6, 6.07) is 5.44. The molecule has 96 valence electrons. The second kappa shape index (κ2) is 4.10. The zero-order valence-corrected chi connectivity index (χ0v) is 10.6. The molecule has 0 saturated heterocycles. The Labute approximate surface area is 111 Å². The van der Waals surface area contributed by atoms with E-state index in [1.807, 2.05) is 19.1 Å². The molecule has 19 heavy (non-hydrogen) atoms. The summed E-state index contributed by atoms with van der Waals surface area (Å²) in [5.74, 6) is 0.480. The molecule has 0 amide bonds. The lowest BCUT2D eigenvalue weighted by Crippen LogP contribution is -2.21. The Balaban J connectivity index is 2.29. The number of hydrogen-bond acceptors (Lipinski definition) is 3. The van der Waals surface area contributed by atoms with Crippen molar-refractivity contribution in [1.82, 2.24) is 19.9 Å². The number of H-pyrrole nitrogens is 3. The molecule has 7 heteroatoms. The largest absolute Gasteiger partial charge is 0.332 e. The van der Waals surface area contributed by atoms with E-state index >= 15 is 0 Å². The van der Waals surface area contributed by atoms with E-state index in [-0.39, 0.29) is 11.2 Å². The maximum Gasteiger partial charge on any atom is 0.327 e. The van der Waals surface area contributed by atoms with Gasteiger partial charge in [0.05, 0.1) is 0 Å². The molecule has 0 atom stereocenters.